The number of unbranched alkanes of at least 4 members (excludes halogenated alkanes) is 2. The Morgan fingerprint density at radius 3 is 2.12 bits per heavy atom. The van der Waals surface area contributed by atoms with Gasteiger partial charge in [0.1, 0.15) is 11.8 Å². The molecule has 0 unspecified atom stereocenters. The third-order valence-electron chi connectivity index (χ3n) is 9.47. The van der Waals surface area contributed by atoms with Crippen LogP contribution in [-0.2, 0) is 29.9 Å². The number of para-hydroxylation sites is 1. The Morgan fingerprint density at radius 2 is 1.58 bits per heavy atom. The van der Waals surface area contributed by atoms with Crippen LogP contribution in [0.25, 0.3) is 0 Å². The van der Waals surface area contributed by atoms with Gasteiger partial charge >= 0.3 is 5.97 Å². The molecule has 4 rings (SSSR count). The van der Waals surface area contributed by atoms with Gasteiger partial charge in [0.25, 0.3) is 11.8 Å². The Morgan fingerprint density at radius 1 is 0.981 bits per heavy atom. The molecule has 0 spiro atoms. The Bertz CT molecular complexity index is 1800. The van der Waals surface area contributed by atoms with Crippen LogP contribution < -0.4 is 20.3 Å². The van der Waals surface area contributed by atoms with Crippen molar-refractivity contribution in [3.8, 4) is 5.75 Å². The van der Waals surface area contributed by atoms with E-state index in [0.29, 0.717) is 17.1 Å². The molecule has 2 amide bonds. The monoisotopic (exact) mass is 753 g/mol. The number of nitrogens with zero attached hydrogens (tertiary/aromatic N) is 1. The summed E-state index contributed by atoms with van der Waals surface area (Å²) < 4.78 is 34.8. The number of rotatable bonds is 17. The molecule has 13 heteroatoms. The third-order valence-corrected chi connectivity index (χ3v) is 12.2. The van der Waals surface area contributed by atoms with E-state index < -0.39 is 57.3 Å². The number of anilines is 2. The van der Waals surface area contributed by atoms with Gasteiger partial charge in [0.2, 0.25) is 5.72 Å². The molecule has 0 saturated heterocycles. The predicted molar refractivity (Wildman–Crippen MR) is 204 cm³/mol. The number of nitrogens with one attached hydrogen (secondary N) is 2. The number of hydrogen-bond donors (Lipinski definition) is 4. The van der Waals surface area contributed by atoms with E-state index in [0.717, 1.165) is 44.2 Å². The van der Waals surface area contributed by atoms with Gasteiger partial charge in [-0.05, 0) is 43.2 Å². The van der Waals surface area contributed by atoms with Crippen molar-refractivity contribution in [3.63, 3.8) is 0 Å². The molecule has 1 aliphatic heterocycles. The normalized spacial score (nSPS) is 16.6. The minimum absolute atomic E-state index is 0.00491. The Labute approximate surface area is 311 Å². The molecule has 1 aliphatic rings. The Kier molecular flexibility index (Phi) is 13.8. The standard InChI is InChI=1S/C39H51N3O8S2/c1-6-8-20-38(21-9-7-2)25-42(29-18-14-11-15-19-29)30-22-32(51-5)31(23-33(30)52(48,49)26-38)50-24-34(43)41-39(47,28-16-12-10-13-17-28)37(46)40-35(27(3)4)36(44)45/h10-19,22-23,27,35,47H,6-9,20-21,24-26H2,1-5H3,(H,40,46)(H,41,43)(H,44,45)/t35-,39+/m0/s1. The number of carboxylic acids is 1. The molecule has 1 heterocycles. The van der Waals surface area contributed by atoms with Gasteiger partial charge in [0, 0.05) is 29.3 Å². The number of carbonyl (C=O) groups excluding carboxylic acids is 2. The largest absolute Gasteiger partial charge is 0.483 e. The Hall–Kier alpha value is -4.07. The maximum Gasteiger partial charge on any atom is 0.326 e. The number of fused-ring (bicyclic) bond motifs is 1. The number of hydrogen-bond acceptors (Lipinski definition) is 9. The average Bonchev–Trinajstić information content (AvgIpc) is 3.22. The summed E-state index contributed by atoms with van der Waals surface area (Å²) >= 11 is 1.33. The van der Waals surface area contributed by atoms with Crippen LogP contribution in [0.4, 0.5) is 11.4 Å². The second-order valence-electron chi connectivity index (χ2n) is 13.8. The van der Waals surface area contributed by atoms with Crippen molar-refractivity contribution in [1.82, 2.24) is 10.6 Å². The van der Waals surface area contributed by atoms with Gasteiger partial charge in [-0.3, -0.25) is 9.59 Å². The van der Waals surface area contributed by atoms with Gasteiger partial charge in [-0.2, -0.15) is 0 Å². The Balaban J connectivity index is 1.71. The second-order valence-corrected chi connectivity index (χ2v) is 16.6. The highest BCUT2D eigenvalue weighted by Gasteiger charge is 2.44. The molecule has 4 N–H and O–H groups in total. The van der Waals surface area contributed by atoms with E-state index in [2.05, 4.69) is 29.4 Å². The molecule has 3 aromatic rings. The summed E-state index contributed by atoms with van der Waals surface area (Å²) in [6.45, 7) is 7.27. The van der Waals surface area contributed by atoms with Gasteiger partial charge in [-0.25, -0.2) is 13.2 Å². The highest BCUT2D eigenvalue weighted by molar-refractivity contribution is 7.98. The van der Waals surface area contributed by atoms with Crippen LogP contribution in [0, 0.1) is 11.3 Å². The number of sulfone groups is 1. The molecule has 0 bridgehead atoms. The average molecular weight is 754 g/mol. The number of carbonyl (C=O) groups is 3. The maximum absolute atomic E-state index is 14.4. The summed E-state index contributed by atoms with van der Waals surface area (Å²) in [5, 5.41) is 25.9. The molecule has 0 aliphatic carbocycles. The molecule has 0 radical (unpaired) electrons. The fourth-order valence-electron chi connectivity index (χ4n) is 6.66. The van der Waals surface area contributed by atoms with Crippen LogP contribution in [0.2, 0.25) is 0 Å². The van der Waals surface area contributed by atoms with E-state index in [-0.39, 0.29) is 22.0 Å². The summed E-state index contributed by atoms with van der Waals surface area (Å²) in [6, 6.07) is 19.3. The van der Waals surface area contributed by atoms with Gasteiger partial charge in [0.05, 0.1) is 21.2 Å². The lowest BCUT2D eigenvalue weighted by molar-refractivity contribution is -0.155. The topological polar surface area (TPSA) is 162 Å². The van der Waals surface area contributed by atoms with Crippen LogP contribution in [0.15, 0.2) is 82.6 Å². The summed E-state index contributed by atoms with van der Waals surface area (Å²) in [5.41, 5.74) is -1.71. The summed E-state index contributed by atoms with van der Waals surface area (Å²) in [5.74, 6) is -3.71. The second kappa shape index (κ2) is 17.6. The first-order valence-corrected chi connectivity index (χ1v) is 20.6. The van der Waals surface area contributed by atoms with Crippen molar-refractivity contribution in [1.29, 1.82) is 0 Å². The smallest absolute Gasteiger partial charge is 0.326 e. The first kappa shape index (κ1) is 40.7. The first-order chi connectivity index (χ1) is 24.7. The molecule has 52 heavy (non-hydrogen) atoms. The highest BCUT2D eigenvalue weighted by atomic mass is 32.2. The number of aliphatic carboxylic acids is 1. The van der Waals surface area contributed by atoms with Crippen molar-refractivity contribution in [3.05, 3.63) is 78.4 Å². The number of thioether (sulfide) groups is 1. The zero-order valence-electron chi connectivity index (χ0n) is 30.6. The van der Waals surface area contributed by atoms with Crippen molar-refractivity contribution < 1.29 is 37.8 Å². The fourth-order valence-corrected chi connectivity index (χ4v) is 9.32. The quantitative estimate of drug-likeness (QED) is 0.0914. The van der Waals surface area contributed by atoms with Gasteiger partial charge in [-0.15, -0.1) is 11.8 Å². The molecular weight excluding hydrogens is 703 g/mol. The molecular formula is C39H51N3O8S2. The molecule has 2 atom stereocenters. The van der Waals surface area contributed by atoms with Crippen LogP contribution in [0.1, 0.15) is 71.8 Å². The van der Waals surface area contributed by atoms with Crippen molar-refractivity contribution >= 4 is 50.8 Å². The van der Waals surface area contributed by atoms with E-state index in [4.69, 9.17) is 4.74 Å². The van der Waals surface area contributed by atoms with E-state index in [1.807, 2.05) is 36.6 Å². The fraction of sp³-hybridized carbons (Fsp3) is 0.462. The van der Waals surface area contributed by atoms with Gasteiger partial charge in [0.15, 0.2) is 16.4 Å². The highest BCUT2D eigenvalue weighted by Crippen LogP contribution is 2.47. The van der Waals surface area contributed by atoms with E-state index in [1.165, 1.54) is 30.0 Å². The van der Waals surface area contributed by atoms with Gasteiger partial charge < -0.3 is 30.5 Å². The third kappa shape index (κ3) is 9.47. The van der Waals surface area contributed by atoms with E-state index >= 15 is 0 Å². The number of benzene rings is 3. The summed E-state index contributed by atoms with van der Waals surface area (Å²) in [7, 11) is -3.85. The van der Waals surface area contributed by atoms with E-state index in [1.54, 1.807) is 38.1 Å². The molecule has 11 nitrogen and oxygen atoms in total. The number of carboxylic acid groups (broad SMARTS) is 1. The predicted octanol–water partition coefficient (Wildman–Crippen LogP) is 6.27. The molecule has 0 aromatic heterocycles. The van der Waals surface area contributed by atoms with E-state index in [9.17, 15) is 33.0 Å². The van der Waals surface area contributed by atoms with Crippen LogP contribution in [-0.4, -0.2) is 67.6 Å². The first-order valence-electron chi connectivity index (χ1n) is 17.7. The molecule has 0 fully saturated rings. The van der Waals surface area contributed by atoms with Crippen molar-refractivity contribution in [2.45, 2.75) is 87.8 Å². The van der Waals surface area contributed by atoms with Gasteiger partial charge in [-0.1, -0.05) is 102 Å². The molecule has 282 valence electrons. The van der Waals surface area contributed by atoms with Crippen LogP contribution in [0.3, 0.4) is 0 Å². The van der Waals surface area contributed by atoms with Crippen LogP contribution >= 0.6 is 11.8 Å². The lowest BCUT2D eigenvalue weighted by Gasteiger charge is -2.37. The zero-order chi connectivity index (χ0) is 38.1. The number of amides is 2. The lowest BCUT2D eigenvalue weighted by atomic mass is 9.79. The number of ether oxygens (including phenoxy) is 1. The SMILES string of the molecule is CCCCC1(CCCC)CN(c2ccccc2)c2cc(SC)c(OCC(=O)N[C@](O)(C(=O)N[C@H](C(=O)O)C(C)C)c3ccccc3)cc2S(=O)(=O)C1. The lowest BCUT2D eigenvalue weighted by Crippen LogP contribution is -2.60. The molecule has 0 saturated carbocycles. The number of aliphatic hydroxyl groups is 1. The summed E-state index contributed by atoms with van der Waals surface area (Å²) in [6.07, 6.45) is 7.05. The zero-order valence-corrected chi connectivity index (χ0v) is 32.2. The van der Waals surface area contributed by atoms with Crippen LogP contribution in [0.5, 0.6) is 5.75 Å². The molecule has 3 aromatic carbocycles. The maximum atomic E-state index is 14.4. The van der Waals surface area contributed by atoms with Crippen molar-refractivity contribution in [2.24, 2.45) is 11.3 Å². The minimum atomic E-state index is -3.85. The van der Waals surface area contributed by atoms with Crippen molar-refractivity contribution in [2.75, 3.05) is 30.1 Å². The minimum Gasteiger partial charge on any atom is -0.483 e. The summed E-state index contributed by atoms with van der Waals surface area (Å²) in [4.78, 5) is 41.5.